The molecule has 1 aliphatic heterocycles. The Morgan fingerprint density at radius 2 is 1.91 bits per heavy atom. The van der Waals surface area contributed by atoms with Crippen molar-refractivity contribution in [2.24, 2.45) is 5.73 Å². The first-order valence-corrected chi connectivity index (χ1v) is 10.0. The van der Waals surface area contributed by atoms with Gasteiger partial charge in [-0.15, -0.1) is 0 Å². The van der Waals surface area contributed by atoms with E-state index in [-0.39, 0.29) is 9.41 Å². The summed E-state index contributed by atoms with van der Waals surface area (Å²) in [6.45, 7) is 2.66. The van der Waals surface area contributed by atoms with Gasteiger partial charge >= 0.3 is 7.98 Å². The van der Waals surface area contributed by atoms with Gasteiger partial charge in [-0.3, -0.25) is 18.9 Å². The summed E-state index contributed by atoms with van der Waals surface area (Å²) in [6.07, 6.45) is 12.6. The molecule has 0 unspecified atom stereocenters. The number of pyridine rings is 1. The van der Waals surface area contributed by atoms with E-state index in [1.54, 1.807) is 4.49 Å². The van der Waals surface area contributed by atoms with Gasteiger partial charge in [0.1, 0.15) is 6.21 Å². The first-order valence-electron chi connectivity index (χ1n) is 10.0. The first-order chi connectivity index (χ1) is 14.7. The van der Waals surface area contributed by atoms with Crippen molar-refractivity contribution in [2.75, 3.05) is 6.54 Å². The summed E-state index contributed by atoms with van der Waals surface area (Å²) in [7, 11) is 6.08. The van der Waals surface area contributed by atoms with Gasteiger partial charge in [0.15, 0.2) is 5.70 Å². The smallest absolute Gasteiger partial charge is 0.355 e. The molecule has 0 saturated heterocycles. The molecule has 3 N–H and O–H groups in total. The maximum atomic E-state index is 6.08. The average Bonchev–Trinajstić information content (AvgIpc) is 3.37. The molecular weight excluding hydrogens is 405 g/mol. The van der Waals surface area contributed by atoms with Gasteiger partial charge in [-0.1, -0.05) is 36.4 Å². The average molecular weight is 431 g/mol. The van der Waals surface area contributed by atoms with Crippen LogP contribution in [0.5, 0.6) is 0 Å². The molecule has 0 fully saturated rings. The number of nitrogens with one attached hydrogen (secondary N) is 1. The lowest BCUT2D eigenvalue weighted by molar-refractivity contribution is -0.294. The summed E-state index contributed by atoms with van der Waals surface area (Å²) >= 11 is 0. The van der Waals surface area contributed by atoms with Crippen molar-refractivity contribution in [3.8, 4) is 11.3 Å². The quantitative estimate of drug-likeness (QED) is 0.558. The summed E-state index contributed by atoms with van der Waals surface area (Å²) in [5.41, 5.74) is 14.5. The molecule has 2 radical (unpaired) electrons. The van der Waals surface area contributed by atoms with Crippen LogP contribution in [-0.2, 0) is 0 Å². The number of halogens is 2. The van der Waals surface area contributed by atoms with E-state index in [1.165, 1.54) is 5.56 Å². The van der Waals surface area contributed by atoms with Gasteiger partial charge in [-0.25, -0.2) is 0 Å². The zero-order valence-corrected chi connectivity index (χ0v) is 17.9. The third-order valence-electron chi connectivity index (χ3n) is 5.15. The normalized spacial score (nSPS) is 14.1. The molecule has 0 atom stereocenters. The van der Waals surface area contributed by atoms with Crippen molar-refractivity contribution in [3.05, 3.63) is 95.1 Å². The van der Waals surface area contributed by atoms with E-state index in [9.17, 15) is 0 Å². The van der Waals surface area contributed by atoms with Crippen molar-refractivity contribution in [3.63, 3.8) is 0 Å². The van der Waals surface area contributed by atoms with Crippen molar-refractivity contribution < 1.29 is 13.9 Å². The third kappa shape index (κ3) is 5.37. The lowest BCUT2D eigenvalue weighted by atomic mass is 10.0. The molecule has 4 rings (SSSR count). The zero-order valence-electron chi connectivity index (χ0n) is 17.9. The summed E-state index contributed by atoms with van der Waals surface area (Å²) in [6, 6.07) is 16.5. The molecule has 1 aliphatic rings. The number of aromatic nitrogens is 2. The largest absolute Gasteiger partial charge is 0.586 e. The van der Waals surface area contributed by atoms with E-state index in [0.717, 1.165) is 45.9 Å². The number of allylic oxidation sites excluding steroid dienone is 2. The van der Waals surface area contributed by atoms with E-state index in [2.05, 4.69) is 59.4 Å². The van der Waals surface area contributed by atoms with Gasteiger partial charge in [-0.05, 0) is 55.3 Å². The lowest BCUT2D eigenvalue weighted by Crippen LogP contribution is -2.09. The second kappa shape index (κ2) is 11.2. The number of nitrogens with zero attached hydrogens (tertiary/aromatic N) is 2. The summed E-state index contributed by atoms with van der Waals surface area (Å²) in [4.78, 5) is 7.93. The Hall–Kier alpha value is -3.58. The summed E-state index contributed by atoms with van der Waals surface area (Å²) < 4.78 is 1.64. The fraction of sp³-hybridized carbons (Fsp3) is 0.120. The molecule has 7 heteroatoms. The molecule has 4 nitrogen and oxygen atoms in total. The molecule has 0 aliphatic carbocycles. The van der Waals surface area contributed by atoms with Gasteiger partial charge in [0.2, 0.25) is 0 Å². The molecule has 1 aromatic carbocycles. The Kier molecular flexibility index (Phi) is 8.61. The number of H-pyrrole nitrogens is 1. The van der Waals surface area contributed by atoms with Gasteiger partial charge in [0, 0.05) is 35.2 Å². The highest BCUT2D eigenvalue weighted by Gasteiger charge is 2.20. The van der Waals surface area contributed by atoms with Crippen LogP contribution in [0.25, 0.3) is 29.0 Å². The molecule has 162 valence electrons. The predicted molar refractivity (Wildman–Crippen MR) is 131 cm³/mol. The van der Waals surface area contributed by atoms with Gasteiger partial charge < -0.3 is 10.7 Å². The number of benzene rings is 1. The highest BCUT2D eigenvalue weighted by atomic mass is 19.0. The molecule has 0 saturated carbocycles. The number of aromatic amines is 1. The van der Waals surface area contributed by atoms with E-state index < -0.39 is 0 Å². The topological polar surface area (TPSA) is 57.7 Å². The van der Waals surface area contributed by atoms with Crippen LogP contribution in [-0.4, -0.2) is 35.2 Å². The lowest BCUT2D eigenvalue weighted by Gasteiger charge is -2.07. The van der Waals surface area contributed by atoms with E-state index in [0.29, 0.717) is 6.54 Å². The molecule has 3 aromatic rings. The number of aryl methyl sites for hydroxylation is 1. The Balaban J connectivity index is 0.00000181. The maximum absolute atomic E-state index is 6.08. The number of hydrogen-bond donors (Lipinski definition) is 2. The van der Waals surface area contributed by atoms with Crippen LogP contribution in [0.4, 0.5) is 9.41 Å². The highest BCUT2D eigenvalue weighted by molar-refractivity contribution is 6.01. The van der Waals surface area contributed by atoms with E-state index in [1.807, 2.05) is 42.8 Å². The minimum Gasteiger partial charge on any atom is -0.355 e. The fourth-order valence-corrected chi connectivity index (χ4v) is 3.65. The highest BCUT2D eigenvalue weighted by Crippen LogP contribution is 2.28. The van der Waals surface area contributed by atoms with Crippen molar-refractivity contribution in [1.82, 2.24) is 9.97 Å². The molecule has 2 aromatic heterocycles. The van der Waals surface area contributed by atoms with Crippen LogP contribution in [0.15, 0.2) is 72.6 Å². The first kappa shape index (κ1) is 24.7. The van der Waals surface area contributed by atoms with Crippen LogP contribution >= 0.6 is 0 Å². The minimum absolute atomic E-state index is 0. The standard InChI is InChI=1S/C25H24BN4.2FH/c1-18-17-21(29-25(18)22(13-14-27)24-6-4-16-30(24)26)12-9-19-7-10-20(11-8-19)23-5-2-3-15-28-23;;/h2-12,15-17,29H,13-14,27H2,1H3;2*1H/q+1;;/b12-9+;;. The van der Waals surface area contributed by atoms with E-state index in [4.69, 9.17) is 13.7 Å². The molecule has 3 heterocycles. The number of nitrogens with two attached hydrogens (primary N) is 1. The zero-order chi connectivity index (χ0) is 20.9. The van der Waals surface area contributed by atoms with Crippen molar-refractivity contribution >= 4 is 31.9 Å². The Labute approximate surface area is 188 Å². The molecule has 0 spiro atoms. The molecule has 32 heavy (non-hydrogen) atoms. The second-order valence-corrected chi connectivity index (χ2v) is 7.27. The van der Waals surface area contributed by atoms with Crippen LogP contribution in [0.1, 0.15) is 28.9 Å². The Bertz CT molecular complexity index is 1160. The van der Waals surface area contributed by atoms with Crippen LogP contribution in [0, 0.1) is 6.92 Å². The Morgan fingerprint density at radius 3 is 2.53 bits per heavy atom. The minimum atomic E-state index is 0. The van der Waals surface area contributed by atoms with Crippen LogP contribution < -0.4 is 5.73 Å². The van der Waals surface area contributed by atoms with E-state index >= 15 is 0 Å². The van der Waals surface area contributed by atoms with Gasteiger partial charge in [-0.2, -0.15) is 0 Å². The maximum Gasteiger partial charge on any atom is 0.586 e. The van der Waals surface area contributed by atoms with Crippen LogP contribution in [0.2, 0.25) is 0 Å². The Morgan fingerprint density at radius 1 is 1.12 bits per heavy atom. The van der Waals surface area contributed by atoms with Gasteiger partial charge in [0.05, 0.1) is 11.4 Å². The predicted octanol–water partition coefficient (Wildman–Crippen LogP) is 4.66. The number of rotatable bonds is 6. The second-order valence-electron chi connectivity index (χ2n) is 7.27. The van der Waals surface area contributed by atoms with Gasteiger partial charge in [0.25, 0.3) is 0 Å². The molecule has 0 bridgehead atoms. The molecule has 0 amide bonds. The SMILES string of the molecule is F.F.[B][N+]1=CC=CC1=C(CCN)c1[nH]c(/C=C/c2ccc(-c3ccccn3)cc2)cc1C. The van der Waals surface area contributed by atoms with Crippen LogP contribution in [0.3, 0.4) is 0 Å². The van der Waals surface area contributed by atoms with Crippen molar-refractivity contribution in [2.45, 2.75) is 13.3 Å². The molecular formula is C25H26BF2N4+. The van der Waals surface area contributed by atoms with Crippen molar-refractivity contribution in [1.29, 1.82) is 0 Å². The summed E-state index contributed by atoms with van der Waals surface area (Å²) in [5, 5.41) is 0. The third-order valence-corrected chi connectivity index (χ3v) is 5.15. The fourth-order valence-electron chi connectivity index (χ4n) is 3.65. The summed E-state index contributed by atoms with van der Waals surface area (Å²) in [5.74, 6) is 0. The monoisotopic (exact) mass is 431 g/mol. The number of hydrogen-bond acceptors (Lipinski definition) is 2.